The number of aromatic nitrogens is 1. The van der Waals surface area contributed by atoms with Gasteiger partial charge in [-0.3, -0.25) is 0 Å². The summed E-state index contributed by atoms with van der Waals surface area (Å²) in [5, 5.41) is 0. The van der Waals surface area contributed by atoms with Gasteiger partial charge < -0.3 is 24.0 Å². The SMILES string of the molecule is COc1ccc(CN(c2cccc(F)n2)S(=O)(=O)c2cc(C)c(N(C)[C@H]3CCN(C(=O)OC(C)(C)C)C3)cc2F)c(OC)c1. The molecule has 1 saturated heterocycles. The van der Waals surface area contributed by atoms with Gasteiger partial charge in [0.15, 0.2) is 0 Å². The van der Waals surface area contributed by atoms with Crippen molar-refractivity contribution in [3.63, 3.8) is 0 Å². The second-order valence-electron chi connectivity index (χ2n) is 11.6. The highest BCUT2D eigenvalue weighted by Crippen LogP contribution is 2.34. The Kier molecular flexibility index (Phi) is 9.57. The number of methoxy groups -OCH3 is 2. The van der Waals surface area contributed by atoms with Gasteiger partial charge in [0.25, 0.3) is 10.0 Å². The Hall–Kier alpha value is -4.13. The molecule has 44 heavy (non-hydrogen) atoms. The summed E-state index contributed by atoms with van der Waals surface area (Å²) in [4.78, 5) is 19.2. The second-order valence-corrected chi connectivity index (χ2v) is 13.4. The molecule has 10 nitrogen and oxygen atoms in total. The van der Waals surface area contributed by atoms with Crippen LogP contribution in [0.25, 0.3) is 0 Å². The largest absolute Gasteiger partial charge is 0.497 e. The third-order valence-electron chi connectivity index (χ3n) is 7.33. The van der Waals surface area contributed by atoms with Gasteiger partial charge in [0.2, 0.25) is 5.95 Å². The van der Waals surface area contributed by atoms with Gasteiger partial charge in [-0.25, -0.2) is 26.9 Å². The Labute approximate surface area is 257 Å². The molecule has 4 rings (SSSR count). The minimum atomic E-state index is -4.61. The number of sulfonamides is 1. The number of ether oxygens (including phenoxy) is 3. The minimum Gasteiger partial charge on any atom is -0.497 e. The number of amides is 1. The number of likely N-dealkylation sites (tertiary alicyclic amines) is 1. The van der Waals surface area contributed by atoms with Gasteiger partial charge >= 0.3 is 6.09 Å². The molecule has 0 N–H and O–H groups in total. The van der Waals surface area contributed by atoms with Crippen molar-refractivity contribution >= 4 is 27.6 Å². The van der Waals surface area contributed by atoms with E-state index in [2.05, 4.69) is 4.98 Å². The zero-order chi connectivity index (χ0) is 32.4. The van der Waals surface area contributed by atoms with Crippen LogP contribution in [-0.4, -0.2) is 70.4 Å². The number of likely N-dealkylation sites (N-methyl/N-ethyl adjacent to an activating group) is 1. The number of hydrogen-bond donors (Lipinski definition) is 0. The standard InChI is InChI=1S/C31H38F2N4O6S/c1-20-15-27(24(32)17-25(20)35(5)22-13-14-36(19-22)30(38)43-31(2,3)4)44(39,40)37(29-10-8-9-28(33)34-29)18-21-11-12-23(41-6)16-26(21)42-7/h8-12,15-17,22H,13-14,18-19H2,1-7H3/t22-/m0/s1. The van der Waals surface area contributed by atoms with Crippen LogP contribution in [0.5, 0.6) is 11.5 Å². The van der Waals surface area contributed by atoms with E-state index in [9.17, 15) is 17.6 Å². The Balaban J connectivity index is 1.67. The first-order valence-electron chi connectivity index (χ1n) is 14.0. The molecule has 0 radical (unpaired) electrons. The first-order valence-corrected chi connectivity index (χ1v) is 15.5. The second kappa shape index (κ2) is 12.8. The number of halogens is 2. The van der Waals surface area contributed by atoms with Gasteiger partial charge in [0.1, 0.15) is 33.6 Å². The number of benzene rings is 2. The molecular weight excluding hydrogens is 594 g/mol. The summed E-state index contributed by atoms with van der Waals surface area (Å²) < 4.78 is 75.3. The predicted molar refractivity (Wildman–Crippen MR) is 163 cm³/mol. The molecule has 0 unspecified atom stereocenters. The molecule has 238 valence electrons. The molecule has 0 saturated carbocycles. The molecule has 0 spiro atoms. The number of aryl methyl sites for hydroxylation is 1. The lowest BCUT2D eigenvalue weighted by Gasteiger charge is -2.30. The van der Waals surface area contributed by atoms with Crippen molar-refractivity contribution in [1.29, 1.82) is 0 Å². The van der Waals surface area contributed by atoms with Crippen LogP contribution in [0.15, 0.2) is 53.4 Å². The van der Waals surface area contributed by atoms with Crippen LogP contribution in [0.4, 0.5) is 25.1 Å². The van der Waals surface area contributed by atoms with Gasteiger partial charge in [-0.2, -0.15) is 4.39 Å². The minimum absolute atomic E-state index is 0.140. The van der Waals surface area contributed by atoms with Gasteiger partial charge in [-0.15, -0.1) is 0 Å². The third kappa shape index (κ3) is 7.15. The lowest BCUT2D eigenvalue weighted by molar-refractivity contribution is 0.0292. The van der Waals surface area contributed by atoms with E-state index in [0.717, 1.165) is 10.4 Å². The average molecular weight is 633 g/mol. The Morgan fingerprint density at radius 3 is 2.45 bits per heavy atom. The topological polar surface area (TPSA) is 102 Å². The zero-order valence-electron chi connectivity index (χ0n) is 25.9. The van der Waals surface area contributed by atoms with Crippen molar-refractivity contribution in [2.24, 2.45) is 0 Å². The molecule has 0 bridgehead atoms. The lowest BCUT2D eigenvalue weighted by atomic mass is 10.1. The molecular formula is C31H38F2N4O6S. The number of anilines is 2. The smallest absolute Gasteiger partial charge is 0.410 e. The molecule has 1 amide bonds. The molecule has 1 aliphatic rings. The van der Waals surface area contributed by atoms with Crippen molar-refractivity contribution in [2.45, 2.75) is 57.2 Å². The highest BCUT2D eigenvalue weighted by Gasteiger charge is 2.34. The first-order chi connectivity index (χ1) is 20.6. The highest BCUT2D eigenvalue weighted by atomic mass is 32.2. The number of carbonyl (C=O) groups excluding carboxylic acids is 1. The quantitative estimate of drug-likeness (QED) is 0.284. The van der Waals surface area contributed by atoms with E-state index in [4.69, 9.17) is 14.2 Å². The van der Waals surface area contributed by atoms with E-state index in [0.29, 0.717) is 47.8 Å². The van der Waals surface area contributed by atoms with Crippen molar-refractivity contribution in [3.05, 3.63) is 71.4 Å². The average Bonchev–Trinajstić information content (AvgIpc) is 3.46. The van der Waals surface area contributed by atoms with Gasteiger partial charge in [-0.1, -0.05) is 6.07 Å². The summed E-state index contributed by atoms with van der Waals surface area (Å²) in [5.41, 5.74) is 0.768. The fourth-order valence-electron chi connectivity index (χ4n) is 5.05. The number of nitrogens with zero attached hydrogens (tertiary/aromatic N) is 4. The summed E-state index contributed by atoms with van der Waals surface area (Å²) in [6, 6.07) is 10.9. The summed E-state index contributed by atoms with van der Waals surface area (Å²) in [5.74, 6) is -1.29. The Bertz CT molecular complexity index is 1630. The fraction of sp³-hybridized carbons (Fsp3) is 0.419. The summed E-state index contributed by atoms with van der Waals surface area (Å²) in [6.45, 7) is 7.59. The van der Waals surface area contributed by atoms with Gasteiger partial charge in [0, 0.05) is 43.5 Å². The van der Waals surface area contributed by atoms with Crippen LogP contribution in [0, 0.1) is 18.7 Å². The molecule has 1 atom stereocenters. The van der Waals surface area contributed by atoms with Crippen LogP contribution in [0.1, 0.15) is 38.3 Å². The van der Waals surface area contributed by atoms with E-state index < -0.39 is 38.4 Å². The fourth-order valence-corrected chi connectivity index (χ4v) is 6.58. The van der Waals surface area contributed by atoms with E-state index in [1.54, 1.807) is 57.8 Å². The molecule has 1 aliphatic heterocycles. The third-order valence-corrected chi connectivity index (χ3v) is 9.09. The van der Waals surface area contributed by atoms with Gasteiger partial charge in [-0.05, 0) is 76.1 Å². The van der Waals surface area contributed by atoms with Crippen LogP contribution < -0.4 is 18.7 Å². The zero-order valence-corrected chi connectivity index (χ0v) is 26.7. The molecule has 1 fully saturated rings. The highest BCUT2D eigenvalue weighted by molar-refractivity contribution is 7.92. The maximum Gasteiger partial charge on any atom is 0.410 e. The number of carbonyl (C=O) groups is 1. The maximum absolute atomic E-state index is 15.8. The summed E-state index contributed by atoms with van der Waals surface area (Å²) in [7, 11) is 0.0760. The van der Waals surface area contributed by atoms with E-state index in [1.807, 2.05) is 4.90 Å². The predicted octanol–water partition coefficient (Wildman–Crippen LogP) is 5.53. The van der Waals surface area contributed by atoms with Crippen LogP contribution >= 0.6 is 0 Å². The Morgan fingerprint density at radius 1 is 1.09 bits per heavy atom. The molecule has 3 aromatic rings. The van der Waals surface area contributed by atoms with Crippen molar-refractivity contribution in [3.8, 4) is 11.5 Å². The van der Waals surface area contributed by atoms with E-state index in [-0.39, 0.29) is 18.4 Å². The van der Waals surface area contributed by atoms with E-state index >= 15 is 4.39 Å². The summed E-state index contributed by atoms with van der Waals surface area (Å²) in [6.07, 6.45) is 0.205. The van der Waals surface area contributed by atoms with Crippen LogP contribution in [0.2, 0.25) is 0 Å². The molecule has 2 aromatic carbocycles. The summed E-state index contributed by atoms with van der Waals surface area (Å²) >= 11 is 0. The van der Waals surface area contributed by atoms with Crippen molar-refractivity contribution in [1.82, 2.24) is 9.88 Å². The Morgan fingerprint density at radius 2 is 1.82 bits per heavy atom. The van der Waals surface area contributed by atoms with Crippen molar-refractivity contribution in [2.75, 3.05) is 43.6 Å². The monoisotopic (exact) mass is 632 g/mol. The molecule has 0 aliphatic carbocycles. The lowest BCUT2D eigenvalue weighted by Crippen LogP contribution is -2.39. The van der Waals surface area contributed by atoms with Crippen molar-refractivity contribution < 1.29 is 36.2 Å². The number of rotatable bonds is 9. The normalized spacial score (nSPS) is 15.2. The molecule has 1 aromatic heterocycles. The number of hydrogen-bond acceptors (Lipinski definition) is 8. The molecule has 2 heterocycles. The van der Waals surface area contributed by atoms with Crippen LogP contribution in [-0.2, 0) is 21.3 Å². The first kappa shape index (κ1) is 32.8. The number of pyridine rings is 1. The maximum atomic E-state index is 15.8. The van der Waals surface area contributed by atoms with Crippen LogP contribution in [0.3, 0.4) is 0 Å². The van der Waals surface area contributed by atoms with E-state index in [1.165, 1.54) is 38.5 Å². The van der Waals surface area contributed by atoms with Gasteiger partial charge in [0.05, 0.1) is 20.8 Å². The molecule has 13 heteroatoms.